The Kier molecular flexibility index (Phi) is 6.73. The molecule has 0 aliphatic heterocycles. The van der Waals surface area contributed by atoms with Crippen molar-refractivity contribution >= 4 is 35.1 Å². The van der Waals surface area contributed by atoms with Crippen molar-refractivity contribution in [2.45, 2.75) is 4.90 Å². The Labute approximate surface area is 155 Å². The molecule has 0 aliphatic rings. The lowest BCUT2D eigenvalue weighted by atomic mass is 10.1. The van der Waals surface area contributed by atoms with Crippen LogP contribution in [0.5, 0.6) is 11.5 Å². The van der Waals surface area contributed by atoms with Gasteiger partial charge in [0, 0.05) is 10.5 Å². The molecule has 0 amide bonds. The maximum atomic E-state index is 12.2. The minimum Gasteiger partial charge on any atom is -0.493 e. The fourth-order valence-electron chi connectivity index (χ4n) is 2.09. The molecule has 2 rings (SSSR count). The van der Waals surface area contributed by atoms with Gasteiger partial charge in [0.05, 0.1) is 24.8 Å². The molecular weight excluding hydrogens is 364 g/mol. The number of thioether (sulfide) groups is 1. The van der Waals surface area contributed by atoms with Gasteiger partial charge in [-0.05, 0) is 42.7 Å². The molecule has 0 unspecified atom stereocenters. The third-order valence-electron chi connectivity index (χ3n) is 3.43. The van der Waals surface area contributed by atoms with E-state index in [1.54, 1.807) is 30.3 Å². The molecule has 0 saturated carbocycles. The standard InChI is InChI=1S/C18H17ClO5S/c1-22-16-7-4-11(8-17(16)23-2)15(20)10-24-18(21)13-9-12(25-3)5-6-14(13)19/h4-9H,10H2,1-3H3. The molecule has 0 aliphatic carbocycles. The molecular formula is C18H17ClO5S. The summed E-state index contributed by atoms with van der Waals surface area (Å²) in [5.74, 6) is -0.0618. The maximum absolute atomic E-state index is 12.2. The summed E-state index contributed by atoms with van der Waals surface area (Å²) in [5, 5.41) is 0.279. The number of esters is 1. The van der Waals surface area contributed by atoms with Crippen molar-refractivity contribution in [2.24, 2.45) is 0 Å². The van der Waals surface area contributed by atoms with E-state index in [1.165, 1.54) is 32.0 Å². The number of ketones is 1. The van der Waals surface area contributed by atoms with Crippen molar-refractivity contribution < 1.29 is 23.8 Å². The van der Waals surface area contributed by atoms with Crippen molar-refractivity contribution in [3.05, 3.63) is 52.5 Å². The highest BCUT2D eigenvalue weighted by atomic mass is 35.5. The average Bonchev–Trinajstić information content (AvgIpc) is 2.65. The van der Waals surface area contributed by atoms with Crippen LogP contribution < -0.4 is 9.47 Å². The van der Waals surface area contributed by atoms with E-state index >= 15 is 0 Å². The summed E-state index contributed by atoms with van der Waals surface area (Å²) in [6.07, 6.45) is 1.89. The fourth-order valence-corrected chi connectivity index (χ4v) is 2.72. The minimum absolute atomic E-state index is 0.230. The molecule has 5 nitrogen and oxygen atoms in total. The Balaban J connectivity index is 2.08. The Morgan fingerprint density at radius 3 is 2.40 bits per heavy atom. The van der Waals surface area contributed by atoms with Gasteiger partial charge in [-0.1, -0.05) is 11.6 Å². The number of halogens is 1. The summed E-state index contributed by atoms with van der Waals surface area (Å²) in [5.41, 5.74) is 0.586. The third kappa shape index (κ3) is 4.67. The van der Waals surface area contributed by atoms with Crippen molar-refractivity contribution in [1.29, 1.82) is 0 Å². The molecule has 0 bridgehead atoms. The zero-order valence-corrected chi connectivity index (χ0v) is 15.6. The largest absolute Gasteiger partial charge is 0.493 e. The Bertz CT molecular complexity index is 791. The molecule has 7 heteroatoms. The lowest BCUT2D eigenvalue weighted by Gasteiger charge is -2.10. The highest BCUT2D eigenvalue weighted by Crippen LogP contribution is 2.28. The number of carbonyl (C=O) groups excluding carboxylic acids is 2. The molecule has 0 spiro atoms. The molecule has 0 fully saturated rings. The number of carbonyl (C=O) groups is 2. The first-order chi connectivity index (χ1) is 12.0. The first-order valence-corrected chi connectivity index (χ1v) is 8.86. The highest BCUT2D eigenvalue weighted by molar-refractivity contribution is 7.98. The topological polar surface area (TPSA) is 61.8 Å². The Morgan fingerprint density at radius 2 is 1.76 bits per heavy atom. The summed E-state index contributed by atoms with van der Waals surface area (Å²) < 4.78 is 15.4. The van der Waals surface area contributed by atoms with Crippen LogP contribution in [0.15, 0.2) is 41.3 Å². The molecule has 0 aromatic heterocycles. The quantitative estimate of drug-likeness (QED) is 0.409. The maximum Gasteiger partial charge on any atom is 0.340 e. The molecule has 0 atom stereocenters. The fraction of sp³-hybridized carbons (Fsp3) is 0.222. The second-order valence-corrected chi connectivity index (χ2v) is 6.20. The number of rotatable bonds is 7. The van der Waals surface area contributed by atoms with Gasteiger partial charge in [-0.3, -0.25) is 4.79 Å². The predicted octanol–water partition coefficient (Wildman–Crippen LogP) is 4.12. The SMILES string of the molecule is COc1ccc(C(=O)COC(=O)c2cc(SC)ccc2Cl)cc1OC. The van der Waals surface area contributed by atoms with Gasteiger partial charge < -0.3 is 14.2 Å². The number of methoxy groups -OCH3 is 2. The molecule has 0 N–H and O–H groups in total. The summed E-state index contributed by atoms with van der Waals surface area (Å²) in [6, 6.07) is 9.80. The second-order valence-electron chi connectivity index (χ2n) is 4.91. The van der Waals surface area contributed by atoms with Gasteiger partial charge in [-0.25, -0.2) is 4.79 Å². The molecule has 0 heterocycles. The van der Waals surface area contributed by atoms with E-state index in [1.807, 2.05) is 6.26 Å². The van der Waals surface area contributed by atoms with Gasteiger partial charge in [0.25, 0.3) is 0 Å². The van der Waals surface area contributed by atoms with E-state index in [9.17, 15) is 9.59 Å². The van der Waals surface area contributed by atoms with Crippen LogP contribution in [0.3, 0.4) is 0 Å². The van der Waals surface area contributed by atoms with Crippen molar-refractivity contribution in [3.63, 3.8) is 0 Å². The van der Waals surface area contributed by atoms with E-state index in [0.717, 1.165) is 4.90 Å². The van der Waals surface area contributed by atoms with E-state index in [-0.39, 0.29) is 16.4 Å². The zero-order valence-electron chi connectivity index (χ0n) is 14.0. The molecule has 132 valence electrons. The smallest absolute Gasteiger partial charge is 0.340 e. The average molecular weight is 381 g/mol. The lowest BCUT2D eigenvalue weighted by Crippen LogP contribution is -2.15. The van der Waals surface area contributed by atoms with Crippen LogP contribution in [0.25, 0.3) is 0 Å². The minimum atomic E-state index is -0.644. The summed E-state index contributed by atoms with van der Waals surface area (Å²) >= 11 is 7.51. The van der Waals surface area contributed by atoms with Crippen LogP contribution in [0, 0.1) is 0 Å². The van der Waals surface area contributed by atoms with Crippen molar-refractivity contribution in [3.8, 4) is 11.5 Å². The number of hydrogen-bond acceptors (Lipinski definition) is 6. The predicted molar refractivity (Wildman–Crippen MR) is 97.4 cm³/mol. The van der Waals surface area contributed by atoms with Crippen LogP contribution in [-0.4, -0.2) is 38.8 Å². The molecule has 2 aromatic rings. The van der Waals surface area contributed by atoms with E-state index < -0.39 is 12.6 Å². The number of benzene rings is 2. The van der Waals surface area contributed by atoms with Gasteiger partial charge in [0.1, 0.15) is 0 Å². The first kappa shape index (κ1) is 19.1. The molecule has 25 heavy (non-hydrogen) atoms. The van der Waals surface area contributed by atoms with Gasteiger partial charge in [-0.15, -0.1) is 11.8 Å². The summed E-state index contributed by atoms with van der Waals surface area (Å²) in [4.78, 5) is 25.3. The third-order valence-corrected chi connectivity index (χ3v) is 4.49. The first-order valence-electron chi connectivity index (χ1n) is 7.26. The van der Waals surface area contributed by atoms with Crippen LogP contribution in [0.4, 0.5) is 0 Å². The molecule has 2 aromatic carbocycles. The van der Waals surface area contributed by atoms with Crippen LogP contribution >= 0.6 is 23.4 Å². The second kappa shape index (κ2) is 8.78. The van der Waals surface area contributed by atoms with Gasteiger partial charge in [0.2, 0.25) is 0 Å². The summed E-state index contributed by atoms with van der Waals surface area (Å²) in [7, 11) is 2.99. The van der Waals surface area contributed by atoms with Crippen LogP contribution in [0.2, 0.25) is 5.02 Å². The van der Waals surface area contributed by atoms with E-state index in [2.05, 4.69) is 0 Å². The molecule has 0 saturated heterocycles. The number of hydrogen-bond donors (Lipinski definition) is 0. The highest BCUT2D eigenvalue weighted by Gasteiger charge is 2.16. The monoisotopic (exact) mass is 380 g/mol. The summed E-state index contributed by atoms with van der Waals surface area (Å²) in [6.45, 7) is -0.395. The van der Waals surface area contributed by atoms with E-state index in [4.69, 9.17) is 25.8 Å². The number of Topliss-reactive ketones (excluding diaryl/α,β-unsaturated/α-hetero) is 1. The number of ether oxygens (including phenoxy) is 3. The van der Waals surface area contributed by atoms with E-state index in [0.29, 0.717) is 17.1 Å². The lowest BCUT2D eigenvalue weighted by molar-refractivity contribution is 0.0474. The Hall–Kier alpha value is -2.18. The Morgan fingerprint density at radius 1 is 1.04 bits per heavy atom. The van der Waals surface area contributed by atoms with Crippen LogP contribution in [-0.2, 0) is 4.74 Å². The van der Waals surface area contributed by atoms with Crippen LogP contribution in [0.1, 0.15) is 20.7 Å². The normalized spacial score (nSPS) is 10.2. The zero-order chi connectivity index (χ0) is 18.4. The van der Waals surface area contributed by atoms with Gasteiger partial charge in [-0.2, -0.15) is 0 Å². The van der Waals surface area contributed by atoms with Crippen molar-refractivity contribution in [1.82, 2.24) is 0 Å². The van der Waals surface area contributed by atoms with Gasteiger partial charge in [0.15, 0.2) is 23.9 Å². The van der Waals surface area contributed by atoms with Gasteiger partial charge >= 0.3 is 5.97 Å². The molecule has 0 radical (unpaired) electrons. The van der Waals surface area contributed by atoms with Crippen molar-refractivity contribution in [2.75, 3.05) is 27.1 Å².